The first-order chi connectivity index (χ1) is 25.3. The van der Waals surface area contributed by atoms with Crippen LogP contribution in [0.25, 0.3) is 56.1 Å². The number of hydrogen-bond donors (Lipinski definition) is 0. The molecule has 7 aromatic carbocycles. The molecule has 0 aliphatic carbocycles. The van der Waals surface area contributed by atoms with Gasteiger partial charge >= 0.3 is 0 Å². The van der Waals surface area contributed by atoms with E-state index in [9.17, 15) is 0 Å². The van der Waals surface area contributed by atoms with Gasteiger partial charge in [-0.25, -0.2) is 15.0 Å². The molecule has 0 saturated heterocycles. The van der Waals surface area contributed by atoms with Crippen LogP contribution in [0.5, 0.6) is 11.5 Å². The fraction of sp³-hybridized carbons (Fsp3) is 0.0217. The Morgan fingerprint density at radius 1 is 0.412 bits per heavy atom. The zero-order valence-corrected chi connectivity index (χ0v) is 27.4. The quantitative estimate of drug-likeness (QED) is 0.185. The van der Waals surface area contributed by atoms with Crippen molar-refractivity contribution in [2.45, 2.75) is 5.41 Å². The molecule has 1 aliphatic rings. The lowest BCUT2D eigenvalue weighted by molar-refractivity contribution is 0.434. The molecule has 2 aromatic heterocycles. The summed E-state index contributed by atoms with van der Waals surface area (Å²) in [4.78, 5) is 15.4. The average molecular weight is 656 g/mol. The van der Waals surface area contributed by atoms with Gasteiger partial charge in [-0.3, -0.25) is 0 Å². The maximum absolute atomic E-state index is 6.54. The zero-order valence-electron chi connectivity index (χ0n) is 27.4. The van der Waals surface area contributed by atoms with Gasteiger partial charge in [0.1, 0.15) is 22.7 Å². The molecule has 0 atom stereocenters. The summed E-state index contributed by atoms with van der Waals surface area (Å²) >= 11 is 0. The third-order valence-electron chi connectivity index (χ3n) is 9.88. The molecule has 0 N–H and O–H groups in total. The van der Waals surface area contributed by atoms with Gasteiger partial charge in [-0.05, 0) is 41.5 Å². The van der Waals surface area contributed by atoms with E-state index in [1.165, 1.54) is 0 Å². The Morgan fingerprint density at radius 2 is 0.961 bits per heavy atom. The summed E-state index contributed by atoms with van der Waals surface area (Å²) in [5.41, 5.74) is 7.88. The van der Waals surface area contributed by atoms with Crippen molar-refractivity contribution in [2.75, 3.05) is 0 Å². The third-order valence-corrected chi connectivity index (χ3v) is 9.88. The first-order valence-electron chi connectivity index (χ1n) is 17.0. The van der Waals surface area contributed by atoms with E-state index >= 15 is 0 Å². The Morgan fingerprint density at radius 3 is 1.73 bits per heavy atom. The summed E-state index contributed by atoms with van der Waals surface area (Å²) in [5, 5.41) is 2.08. The van der Waals surface area contributed by atoms with Crippen LogP contribution in [0.1, 0.15) is 22.3 Å². The number of nitrogens with zero attached hydrogens (tertiary/aromatic N) is 3. The topological polar surface area (TPSA) is 61.0 Å². The maximum Gasteiger partial charge on any atom is 0.167 e. The standard InChI is InChI=1S/C46H29N3O2/c1-3-15-30(16-4-1)43-47-44(49-45(48-43)36-23-14-22-35-34-21-7-10-26-39(34)51-42(35)36)31-17-13-20-33(29-31)46(32-18-5-2-6-19-32)37-24-8-11-27-40(37)50-41-28-12-9-25-38(41)46/h1-29H. The highest BCUT2D eigenvalue weighted by atomic mass is 16.5. The molecular formula is C46H29N3O2. The van der Waals surface area contributed by atoms with E-state index in [1.807, 2.05) is 72.8 Å². The molecule has 3 heterocycles. The highest BCUT2D eigenvalue weighted by Crippen LogP contribution is 2.55. The van der Waals surface area contributed by atoms with Crippen molar-refractivity contribution in [3.63, 3.8) is 0 Å². The predicted octanol–water partition coefficient (Wildman–Crippen LogP) is 11.3. The number of ether oxygens (including phenoxy) is 1. The van der Waals surface area contributed by atoms with Crippen LogP contribution in [0.4, 0.5) is 0 Å². The number of benzene rings is 7. The van der Waals surface area contributed by atoms with Crippen molar-refractivity contribution in [3.8, 4) is 45.7 Å². The molecule has 240 valence electrons. The lowest BCUT2D eigenvalue weighted by Crippen LogP contribution is -2.34. The number of furan rings is 1. The van der Waals surface area contributed by atoms with Gasteiger partial charge in [0.05, 0.1) is 11.0 Å². The molecule has 0 saturated carbocycles. The van der Waals surface area contributed by atoms with Crippen LogP contribution in [0.2, 0.25) is 0 Å². The van der Waals surface area contributed by atoms with Gasteiger partial charge in [-0.1, -0.05) is 146 Å². The number of para-hydroxylation sites is 4. The van der Waals surface area contributed by atoms with Gasteiger partial charge < -0.3 is 9.15 Å². The second-order valence-electron chi connectivity index (χ2n) is 12.7. The average Bonchev–Trinajstić information content (AvgIpc) is 3.59. The molecule has 0 fully saturated rings. The minimum atomic E-state index is -0.666. The van der Waals surface area contributed by atoms with Crippen LogP contribution in [0, 0.1) is 0 Å². The van der Waals surface area contributed by atoms with Gasteiger partial charge in [0, 0.05) is 33.0 Å². The van der Waals surface area contributed by atoms with E-state index in [0.717, 1.165) is 72.4 Å². The summed E-state index contributed by atoms with van der Waals surface area (Å²) in [5.74, 6) is 3.38. The normalized spacial score (nSPS) is 13.0. The molecule has 0 bridgehead atoms. The van der Waals surface area contributed by atoms with Crippen LogP contribution >= 0.6 is 0 Å². The summed E-state index contributed by atoms with van der Waals surface area (Å²) in [6.45, 7) is 0. The van der Waals surface area contributed by atoms with Crippen LogP contribution in [0.15, 0.2) is 180 Å². The van der Waals surface area contributed by atoms with Crippen LogP contribution < -0.4 is 4.74 Å². The minimum absolute atomic E-state index is 0.549. The molecule has 51 heavy (non-hydrogen) atoms. The highest BCUT2D eigenvalue weighted by molar-refractivity contribution is 6.09. The third kappa shape index (κ3) is 4.59. The van der Waals surface area contributed by atoms with Gasteiger partial charge in [0.25, 0.3) is 0 Å². The second kappa shape index (κ2) is 11.6. The number of fused-ring (bicyclic) bond motifs is 5. The van der Waals surface area contributed by atoms with E-state index in [-0.39, 0.29) is 0 Å². The largest absolute Gasteiger partial charge is 0.457 e. The molecule has 0 spiro atoms. The van der Waals surface area contributed by atoms with Crippen molar-refractivity contribution in [1.29, 1.82) is 0 Å². The Balaban J connectivity index is 1.23. The molecule has 9 aromatic rings. The summed E-state index contributed by atoms with van der Waals surface area (Å²) in [7, 11) is 0. The van der Waals surface area contributed by atoms with Crippen molar-refractivity contribution < 1.29 is 9.15 Å². The maximum atomic E-state index is 6.54. The van der Waals surface area contributed by atoms with E-state index < -0.39 is 5.41 Å². The lowest BCUT2D eigenvalue weighted by atomic mass is 9.63. The van der Waals surface area contributed by atoms with Crippen molar-refractivity contribution in [2.24, 2.45) is 0 Å². The molecule has 5 nitrogen and oxygen atoms in total. The highest BCUT2D eigenvalue weighted by Gasteiger charge is 2.45. The fourth-order valence-electron chi connectivity index (χ4n) is 7.63. The van der Waals surface area contributed by atoms with Crippen LogP contribution in [0.3, 0.4) is 0 Å². The van der Waals surface area contributed by atoms with Crippen molar-refractivity contribution in [1.82, 2.24) is 15.0 Å². The molecule has 10 rings (SSSR count). The Hall–Kier alpha value is -6.85. The molecule has 0 amide bonds. The molecule has 0 unspecified atom stereocenters. The number of aromatic nitrogens is 3. The molecular weight excluding hydrogens is 627 g/mol. The first kappa shape index (κ1) is 29.1. The number of hydrogen-bond acceptors (Lipinski definition) is 5. The van der Waals surface area contributed by atoms with Gasteiger partial charge in [-0.15, -0.1) is 0 Å². The van der Waals surface area contributed by atoms with E-state index in [0.29, 0.717) is 17.5 Å². The Labute approximate surface area is 294 Å². The van der Waals surface area contributed by atoms with Crippen molar-refractivity contribution >= 4 is 21.9 Å². The Kier molecular flexibility index (Phi) is 6.64. The number of rotatable bonds is 5. The summed E-state index contributed by atoms with van der Waals surface area (Å²) < 4.78 is 13.0. The predicted molar refractivity (Wildman–Crippen MR) is 202 cm³/mol. The Bertz CT molecular complexity index is 2690. The van der Waals surface area contributed by atoms with Gasteiger partial charge in [-0.2, -0.15) is 0 Å². The van der Waals surface area contributed by atoms with E-state index in [2.05, 4.69) is 103 Å². The van der Waals surface area contributed by atoms with Gasteiger partial charge in [0.15, 0.2) is 17.5 Å². The summed E-state index contributed by atoms with van der Waals surface area (Å²) in [6, 6.07) is 60.2. The first-order valence-corrected chi connectivity index (χ1v) is 17.0. The zero-order chi connectivity index (χ0) is 33.8. The smallest absolute Gasteiger partial charge is 0.167 e. The van der Waals surface area contributed by atoms with Crippen LogP contribution in [-0.2, 0) is 5.41 Å². The molecule has 5 heteroatoms. The second-order valence-corrected chi connectivity index (χ2v) is 12.7. The molecule has 1 aliphatic heterocycles. The van der Waals surface area contributed by atoms with Gasteiger partial charge in [0.2, 0.25) is 0 Å². The van der Waals surface area contributed by atoms with E-state index in [1.54, 1.807) is 0 Å². The minimum Gasteiger partial charge on any atom is -0.457 e. The van der Waals surface area contributed by atoms with Crippen LogP contribution in [-0.4, -0.2) is 15.0 Å². The SMILES string of the molecule is c1ccc(-c2nc(-c3cccc(C4(c5ccccc5)c5ccccc5Oc5ccccc54)c3)nc(-c3cccc4c3oc3ccccc34)n2)cc1. The monoisotopic (exact) mass is 655 g/mol. The summed E-state index contributed by atoms with van der Waals surface area (Å²) in [6.07, 6.45) is 0. The lowest BCUT2D eigenvalue weighted by Gasteiger charge is -2.41. The fourth-order valence-corrected chi connectivity index (χ4v) is 7.63. The van der Waals surface area contributed by atoms with Crippen molar-refractivity contribution in [3.05, 3.63) is 198 Å². The molecule has 0 radical (unpaired) electrons. The van der Waals surface area contributed by atoms with E-state index in [4.69, 9.17) is 24.1 Å².